The van der Waals surface area contributed by atoms with Gasteiger partial charge in [-0.25, -0.2) is 4.79 Å². The number of aryl methyl sites for hydroxylation is 1. The summed E-state index contributed by atoms with van der Waals surface area (Å²) < 4.78 is 16.8. The highest BCUT2D eigenvalue weighted by atomic mass is 16.5. The van der Waals surface area contributed by atoms with Gasteiger partial charge >= 0.3 is 5.97 Å². The molecule has 0 unspecified atom stereocenters. The summed E-state index contributed by atoms with van der Waals surface area (Å²) in [6, 6.07) is 19.5. The number of esters is 1. The Hall–Kier alpha value is -3.86. The SMILES string of the molecule is Cc1ccccc1C(=O)Oc1ccc2c(=O)c(Oc3ccc(C(C)(C)C)cc3)coc2c1. The minimum absolute atomic E-state index is 0.0286. The van der Waals surface area contributed by atoms with Crippen molar-refractivity contribution in [3.8, 4) is 17.2 Å². The second-order valence-corrected chi connectivity index (χ2v) is 8.67. The fourth-order valence-corrected chi connectivity index (χ4v) is 3.34. The van der Waals surface area contributed by atoms with Crippen LogP contribution in [-0.4, -0.2) is 5.97 Å². The molecule has 1 heterocycles. The van der Waals surface area contributed by atoms with Crippen molar-refractivity contribution < 1.29 is 18.7 Å². The molecule has 0 saturated heterocycles. The second-order valence-electron chi connectivity index (χ2n) is 8.67. The van der Waals surface area contributed by atoms with E-state index in [4.69, 9.17) is 13.9 Å². The van der Waals surface area contributed by atoms with Gasteiger partial charge in [-0.3, -0.25) is 4.79 Å². The molecule has 0 saturated carbocycles. The summed E-state index contributed by atoms with van der Waals surface area (Å²) in [6.07, 6.45) is 1.27. The van der Waals surface area contributed by atoms with Crippen LogP contribution in [0.4, 0.5) is 0 Å². The summed E-state index contributed by atoms with van der Waals surface area (Å²) in [4.78, 5) is 25.3. The number of carbonyl (C=O) groups excluding carboxylic acids is 1. The molecule has 0 N–H and O–H groups in total. The predicted molar refractivity (Wildman–Crippen MR) is 124 cm³/mol. The van der Waals surface area contributed by atoms with Crippen LogP contribution in [-0.2, 0) is 5.41 Å². The number of benzene rings is 3. The van der Waals surface area contributed by atoms with Crippen LogP contribution in [0.15, 0.2) is 82.2 Å². The highest BCUT2D eigenvalue weighted by Gasteiger charge is 2.16. The molecule has 0 radical (unpaired) electrons. The lowest BCUT2D eigenvalue weighted by Gasteiger charge is -2.19. The summed E-state index contributed by atoms with van der Waals surface area (Å²) in [6.45, 7) is 8.24. The van der Waals surface area contributed by atoms with E-state index in [1.54, 1.807) is 24.3 Å². The molecule has 0 aliphatic carbocycles. The van der Waals surface area contributed by atoms with Crippen LogP contribution in [0, 0.1) is 6.92 Å². The third-order valence-corrected chi connectivity index (χ3v) is 5.24. The van der Waals surface area contributed by atoms with Gasteiger partial charge in [0, 0.05) is 6.07 Å². The highest BCUT2D eigenvalue weighted by molar-refractivity contribution is 5.93. The molecule has 3 aromatic carbocycles. The molecular weight excluding hydrogens is 404 g/mol. The monoisotopic (exact) mass is 428 g/mol. The number of hydrogen-bond donors (Lipinski definition) is 0. The Labute approximate surface area is 186 Å². The van der Waals surface area contributed by atoms with E-state index in [0.717, 1.165) is 5.56 Å². The third kappa shape index (κ3) is 4.42. The van der Waals surface area contributed by atoms with Crippen molar-refractivity contribution in [2.45, 2.75) is 33.1 Å². The average Bonchev–Trinajstić information content (AvgIpc) is 2.76. The molecule has 0 atom stereocenters. The van der Waals surface area contributed by atoms with Crippen molar-refractivity contribution in [3.05, 3.63) is 99.9 Å². The molecule has 5 heteroatoms. The number of carbonyl (C=O) groups is 1. The van der Waals surface area contributed by atoms with Gasteiger partial charge in [0.25, 0.3) is 0 Å². The zero-order chi connectivity index (χ0) is 22.9. The van der Waals surface area contributed by atoms with E-state index in [1.807, 2.05) is 43.3 Å². The number of rotatable bonds is 4. The minimum Gasteiger partial charge on any atom is -0.460 e. The number of fused-ring (bicyclic) bond motifs is 1. The molecule has 4 rings (SSSR count). The van der Waals surface area contributed by atoms with E-state index in [9.17, 15) is 9.59 Å². The van der Waals surface area contributed by atoms with Crippen molar-refractivity contribution in [2.24, 2.45) is 0 Å². The van der Waals surface area contributed by atoms with Gasteiger partial charge in [0.15, 0.2) is 0 Å². The molecule has 5 nitrogen and oxygen atoms in total. The van der Waals surface area contributed by atoms with Crippen LogP contribution in [0.3, 0.4) is 0 Å². The molecule has 0 aliphatic rings. The first kappa shape index (κ1) is 21.4. The second kappa shape index (κ2) is 8.35. The fraction of sp³-hybridized carbons (Fsp3) is 0.185. The normalized spacial score (nSPS) is 11.4. The van der Waals surface area contributed by atoms with Gasteiger partial charge in [0.2, 0.25) is 11.2 Å². The molecule has 4 aromatic rings. The van der Waals surface area contributed by atoms with E-state index in [-0.39, 0.29) is 16.6 Å². The molecule has 162 valence electrons. The maximum absolute atomic E-state index is 12.9. The summed E-state index contributed by atoms with van der Waals surface area (Å²) >= 11 is 0. The van der Waals surface area contributed by atoms with E-state index in [0.29, 0.717) is 28.0 Å². The molecular formula is C27H24O5. The maximum Gasteiger partial charge on any atom is 0.343 e. The van der Waals surface area contributed by atoms with Crippen LogP contribution >= 0.6 is 0 Å². The fourth-order valence-electron chi connectivity index (χ4n) is 3.34. The first-order valence-electron chi connectivity index (χ1n) is 10.3. The first-order valence-corrected chi connectivity index (χ1v) is 10.3. The largest absolute Gasteiger partial charge is 0.460 e. The van der Waals surface area contributed by atoms with Gasteiger partial charge in [-0.15, -0.1) is 0 Å². The predicted octanol–water partition coefficient (Wildman–Crippen LogP) is 6.41. The third-order valence-electron chi connectivity index (χ3n) is 5.24. The smallest absolute Gasteiger partial charge is 0.343 e. The van der Waals surface area contributed by atoms with Crippen LogP contribution in [0.25, 0.3) is 11.0 Å². The van der Waals surface area contributed by atoms with Gasteiger partial charge in [-0.05, 0) is 53.8 Å². The number of hydrogen-bond acceptors (Lipinski definition) is 5. The lowest BCUT2D eigenvalue weighted by atomic mass is 9.87. The van der Waals surface area contributed by atoms with E-state index >= 15 is 0 Å². The van der Waals surface area contributed by atoms with Crippen LogP contribution in [0.5, 0.6) is 17.2 Å². The zero-order valence-corrected chi connectivity index (χ0v) is 18.5. The standard InChI is InChI=1S/C27H24O5/c1-17-7-5-6-8-21(17)26(29)32-20-13-14-22-23(15-20)30-16-24(25(22)28)31-19-11-9-18(10-12-19)27(2,3)4/h5-16H,1-4H3. The Morgan fingerprint density at radius 2 is 1.59 bits per heavy atom. The Balaban J connectivity index is 1.57. The quantitative estimate of drug-likeness (QED) is 0.278. The molecule has 0 fully saturated rings. The molecule has 0 spiro atoms. The van der Waals surface area contributed by atoms with Gasteiger partial charge in [-0.1, -0.05) is 51.1 Å². The maximum atomic E-state index is 12.9. The Kier molecular flexibility index (Phi) is 5.57. The molecule has 0 amide bonds. The van der Waals surface area contributed by atoms with Crippen LogP contribution in [0.1, 0.15) is 42.3 Å². The van der Waals surface area contributed by atoms with Crippen LogP contribution < -0.4 is 14.9 Å². The van der Waals surface area contributed by atoms with Gasteiger partial charge in [0.1, 0.15) is 23.3 Å². The Morgan fingerprint density at radius 3 is 2.28 bits per heavy atom. The zero-order valence-electron chi connectivity index (χ0n) is 18.5. The molecule has 32 heavy (non-hydrogen) atoms. The topological polar surface area (TPSA) is 65.7 Å². The van der Waals surface area contributed by atoms with Crippen molar-refractivity contribution in [3.63, 3.8) is 0 Å². The minimum atomic E-state index is -0.469. The highest BCUT2D eigenvalue weighted by Crippen LogP contribution is 2.27. The summed E-state index contributed by atoms with van der Waals surface area (Å²) in [5.41, 5.74) is 2.50. The summed E-state index contributed by atoms with van der Waals surface area (Å²) in [5, 5.41) is 0.338. The van der Waals surface area contributed by atoms with E-state index < -0.39 is 5.97 Å². The van der Waals surface area contributed by atoms with Crippen LogP contribution in [0.2, 0.25) is 0 Å². The lowest BCUT2D eigenvalue weighted by molar-refractivity contribution is 0.0734. The average molecular weight is 428 g/mol. The first-order chi connectivity index (χ1) is 15.2. The molecule has 1 aromatic heterocycles. The van der Waals surface area contributed by atoms with E-state index in [1.165, 1.54) is 17.9 Å². The van der Waals surface area contributed by atoms with E-state index in [2.05, 4.69) is 20.8 Å². The summed E-state index contributed by atoms with van der Waals surface area (Å²) in [7, 11) is 0. The van der Waals surface area contributed by atoms with Crippen molar-refractivity contribution >= 4 is 16.9 Å². The molecule has 0 aliphatic heterocycles. The Bertz CT molecular complexity index is 1340. The van der Waals surface area contributed by atoms with Crippen molar-refractivity contribution in [1.82, 2.24) is 0 Å². The summed E-state index contributed by atoms with van der Waals surface area (Å²) in [5.74, 6) is 0.461. The number of ether oxygens (including phenoxy) is 2. The Morgan fingerprint density at radius 1 is 0.906 bits per heavy atom. The van der Waals surface area contributed by atoms with Gasteiger partial charge in [0.05, 0.1) is 10.9 Å². The van der Waals surface area contributed by atoms with Gasteiger partial charge < -0.3 is 13.9 Å². The van der Waals surface area contributed by atoms with Gasteiger partial charge in [-0.2, -0.15) is 0 Å². The van der Waals surface area contributed by atoms with Crippen molar-refractivity contribution in [2.75, 3.05) is 0 Å². The molecule has 0 bridgehead atoms. The van der Waals surface area contributed by atoms with Crippen molar-refractivity contribution in [1.29, 1.82) is 0 Å². The lowest BCUT2D eigenvalue weighted by Crippen LogP contribution is -2.11.